The molecule has 0 aliphatic heterocycles. The fourth-order valence-electron chi connectivity index (χ4n) is 0.862. The van der Waals surface area contributed by atoms with E-state index in [0.29, 0.717) is 5.82 Å². The smallest absolute Gasteiger partial charge is 0.272 e. The lowest BCUT2D eigenvalue weighted by Crippen LogP contribution is -2.42. The molecular formula is C8H12N6O2. The lowest BCUT2D eigenvalue weighted by Gasteiger charge is -2.09. The Hall–Kier alpha value is -2.22. The number of hydrazine groups is 1. The first-order valence-corrected chi connectivity index (χ1v) is 4.43. The molecular weight excluding hydrogens is 212 g/mol. The molecule has 1 unspecified atom stereocenters. The van der Waals surface area contributed by atoms with Crippen molar-refractivity contribution in [2.75, 3.05) is 5.43 Å². The van der Waals surface area contributed by atoms with Gasteiger partial charge in [-0.2, -0.15) is 0 Å². The van der Waals surface area contributed by atoms with Gasteiger partial charge >= 0.3 is 0 Å². The highest BCUT2D eigenvalue weighted by Crippen LogP contribution is 1.99. The molecule has 2 amide bonds. The number of carbonyl (C=O) groups is 2. The third-order valence-corrected chi connectivity index (χ3v) is 1.81. The Labute approximate surface area is 91.4 Å². The molecule has 0 spiro atoms. The second-order valence-corrected chi connectivity index (χ2v) is 3.03. The first-order chi connectivity index (χ1) is 7.54. The summed E-state index contributed by atoms with van der Waals surface area (Å²) in [6, 6.07) is -0.762. The fourth-order valence-corrected chi connectivity index (χ4v) is 0.862. The monoisotopic (exact) mass is 224 g/mol. The number of rotatable bonds is 4. The maximum Gasteiger partial charge on any atom is 0.272 e. The minimum Gasteiger partial charge on any atom is -0.368 e. The molecule has 0 radical (unpaired) electrons. The minimum atomic E-state index is -0.762. The zero-order valence-electron chi connectivity index (χ0n) is 8.60. The van der Waals surface area contributed by atoms with E-state index >= 15 is 0 Å². The Morgan fingerprint density at radius 2 is 2.06 bits per heavy atom. The van der Waals surface area contributed by atoms with Gasteiger partial charge in [-0.05, 0) is 6.92 Å². The summed E-state index contributed by atoms with van der Waals surface area (Å²) in [5.41, 5.74) is 7.34. The summed E-state index contributed by atoms with van der Waals surface area (Å²) in [6.45, 7) is 1.48. The third kappa shape index (κ3) is 2.89. The number of carbonyl (C=O) groups excluding carboxylic acids is 2. The normalized spacial score (nSPS) is 11.6. The van der Waals surface area contributed by atoms with Crippen LogP contribution in [0.25, 0.3) is 0 Å². The summed E-state index contributed by atoms with van der Waals surface area (Å²) < 4.78 is 0. The van der Waals surface area contributed by atoms with Gasteiger partial charge in [-0.1, -0.05) is 0 Å². The average molecular weight is 224 g/mol. The van der Waals surface area contributed by atoms with Crippen LogP contribution >= 0.6 is 0 Å². The Balaban J connectivity index is 2.69. The Morgan fingerprint density at radius 3 is 2.50 bits per heavy atom. The van der Waals surface area contributed by atoms with Crippen molar-refractivity contribution in [3.05, 3.63) is 18.1 Å². The summed E-state index contributed by atoms with van der Waals surface area (Å²) in [6.07, 6.45) is 2.53. The first-order valence-electron chi connectivity index (χ1n) is 4.43. The van der Waals surface area contributed by atoms with E-state index in [1.54, 1.807) is 0 Å². The van der Waals surface area contributed by atoms with Gasteiger partial charge in [0.05, 0.1) is 12.4 Å². The minimum absolute atomic E-state index is 0.0760. The molecule has 0 fully saturated rings. The molecule has 0 aliphatic rings. The number of nitrogen functional groups attached to an aromatic ring is 1. The molecule has 1 aromatic heterocycles. The molecule has 1 rings (SSSR count). The van der Waals surface area contributed by atoms with Gasteiger partial charge in [-0.3, -0.25) is 9.59 Å². The molecule has 0 bridgehead atoms. The zero-order valence-corrected chi connectivity index (χ0v) is 8.60. The van der Waals surface area contributed by atoms with Crippen LogP contribution in [-0.4, -0.2) is 27.8 Å². The quantitative estimate of drug-likeness (QED) is 0.358. The van der Waals surface area contributed by atoms with Crippen molar-refractivity contribution in [3.8, 4) is 0 Å². The van der Waals surface area contributed by atoms with Gasteiger partial charge in [0.15, 0.2) is 5.82 Å². The van der Waals surface area contributed by atoms with E-state index in [1.165, 1.54) is 19.3 Å². The van der Waals surface area contributed by atoms with Gasteiger partial charge in [0.25, 0.3) is 5.91 Å². The van der Waals surface area contributed by atoms with Crippen molar-refractivity contribution >= 4 is 17.6 Å². The van der Waals surface area contributed by atoms with Crippen LogP contribution in [0.1, 0.15) is 17.4 Å². The standard InChI is InChI=1S/C8H12N6O2/c1-4(7(9)15)13-8(16)5-2-12-6(14-10)3-11-5/h2-4H,10H2,1H3,(H2,9,15)(H,12,14)(H,13,16). The molecule has 8 nitrogen and oxygen atoms in total. The molecule has 1 aromatic rings. The SMILES string of the molecule is CC(NC(=O)c1cnc(NN)cn1)C(N)=O. The summed E-state index contributed by atoms with van der Waals surface area (Å²) in [4.78, 5) is 29.8. The lowest BCUT2D eigenvalue weighted by atomic mass is 10.3. The van der Waals surface area contributed by atoms with Crippen molar-refractivity contribution < 1.29 is 9.59 Å². The highest BCUT2D eigenvalue weighted by Gasteiger charge is 2.14. The zero-order chi connectivity index (χ0) is 12.1. The topological polar surface area (TPSA) is 136 Å². The summed E-state index contributed by atoms with van der Waals surface area (Å²) >= 11 is 0. The van der Waals surface area contributed by atoms with Gasteiger partial charge in [0.2, 0.25) is 5.91 Å². The van der Waals surface area contributed by atoms with Crippen LogP contribution in [0, 0.1) is 0 Å². The van der Waals surface area contributed by atoms with Crippen LogP contribution in [0.3, 0.4) is 0 Å². The highest BCUT2D eigenvalue weighted by molar-refractivity contribution is 5.95. The Morgan fingerprint density at radius 1 is 1.38 bits per heavy atom. The van der Waals surface area contributed by atoms with Crippen molar-refractivity contribution in [3.63, 3.8) is 0 Å². The largest absolute Gasteiger partial charge is 0.368 e. The van der Waals surface area contributed by atoms with Gasteiger partial charge in [-0.25, -0.2) is 15.8 Å². The third-order valence-electron chi connectivity index (χ3n) is 1.81. The summed E-state index contributed by atoms with van der Waals surface area (Å²) in [5, 5.41) is 2.37. The molecule has 1 heterocycles. The van der Waals surface area contributed by atoms with Crippen LogP contribution in [0.15, 0.2) is 12.4 Å². The molecule has 0 aliphatic carbocycles. The average Bonchev–Trinajstić information content (AvgIpc) is 2.28. The predicted molar refractivity (Wildman–Crippen MR) is 56.0 cm³/mol. The first kappa shape index (κ1) is 11.9. The molecule has 6 N–H and O–H groups in total. The van der Waals surface area contributed by atoms with E-state index in [-0.39, 0.29) is 5.69 Å². The van der Waals surface area contributed by atoms with Gasteiger partial charge < -0.3 is 16.5 Å². The van der Waals surface area contributed by atoms with Crippen LogP contribution in [0.2, 0.25) is 0 Å². The van der Waals surface area contributed by atoms with Crippen molar-refractivity contribution in [1.29, 1.82) is 0 Å². The molecule has 16 heavy (non-hydrogen) atoms. The number of nitrogens with zero attached hydrogens (tertiary/aromatic N) is 2. The van der Waals surface area contributed by atoms with E-state index in [4.69, 9.17) is 11.6 Å². The van der Waals surface area contributed by atoms with Gasteiger partial charge in [-0.15, -0.1) is 0 Å². The predicted octanol–water partition coefficient (Wildman–Crippen LogP) is -1.63. The lowest BCUT2D eigenvalue weighted by molar-refractivity contribution is -0.119. The van der Waals surface area contributed by atoms with E-state index in [0.717, 1.165) is 0 Å². The number of aromatic nitrogens is 2. The number of hydrogen-bond donors (Lipinski definition) is 4. The van der Waals surface area contributed by atoms with E-state index < -0.39 is 17.9 Å². The molecule has 0 aromatic carbocycles. The van der Waals surface area contributed by atoms with E-state index in [9.17, 15) is 9.59 Å². The number of anilines is 1. The number of hydrogen-bond acceptors (Lipinski definition) is 6. The number of amides is 2. The van der Waals surface area contributed by atoms with Crippen LogP contribution in [0.4, 0.5) is 5.82 Å². The second kappa shape index (κ2) is 5.03. The highest BCUT2D eigenvalue weighted by atomic mass is 16.2. The van der Waals surface area contributed by atoms with E-state index in [2.05, 4.69) is 20.7 Å². The van der Waals surface area contributed by atoms with Crippen molar-refractivity contribution in [1.82, 2.24) is 15.3 Å². The number of primary amides is 1. The van der Waals surface area contributed by atoms with Crippen LogP contribution < -0.4 is 22.3 Å². The van der Waals surface area contributed by atoms with Crippen LogP contribution in [0.5, 0.6) is 0 Å². The Bertz CT molecular complexity index is 390. The van der Waals surface area contributed by atoms with Crippen LogP contribution in [-0.2, 0) is 4.79 Å². The maximum absolute atomic E-state index is 11.5. The van der Waals surface area contributed by atoms with Crippen molar-refractivity contribution in [2.45, 2.75) is 13.0 Å². The van der Waals surface area contributed by atoms with Gasteiger partial charge in [0, 0.05) is 0 Å². The summed E-state index contributed by atoms with van der Waals surface area (Å²) in [5.74, 6) is 4.27. The molecule has 86 valence electrons. The molecule has 0 saturated carbocycles. The molecule has 0 saturated heterocycles. The van der Waals surface area contributed by atoms with Gasteiger partial charge in [0.1, 0.15) is 11.7 Å². The summed E-state index contributed by atoms with van der Waals surface area (Å²) in [7, 11) is 0. The van der Waals surface area contributed by atoms with Crippen molar-refractivity contribution in [2.24, 2.45) is 11.6 Å². The molecule has 8 heteroatoms. The Kier molecular flexibility index (Phi) is 3.72. The second-order valence-electron chi connectivity index (χ2n) is 3.03. The maximum atomic E-state index is 11.5. The number of nitrogens with two attached hydrogens (primary N) is 2. The number of nitrogens with one attached hydrogen (secondary N) is 2. The molecule has 1 atom stereocenters. The van der Waals surface area contributed by atoms with E-state index in [1.807, 2.05) is 0 Å². The fraction of sp³-hybridized carbons (Fsp3) is 0.250.